The van der Waals surface area contributed by atoms with Crippen molar-refractivity contribution < 1.29 is 9.84 Å². The highest BCUT2D eigenvalue weighted by Gasteiger charge is 2.22. The quantitative estimate of drug-likeness (QED) is 0.802. The smallest absolute Gasteiger partial charge is 0.131 e. The van der Waals surface area contributed by atoms with Crippen molar-refractivity contribution in [1.29, 1.82) is 0 Å². The summed E-state index contributed by atoms with van der Waals surface area (Å²) >= 11 is 0. The largest absolute Gasteiger partial charge is 0.508 e. The predicted octanol–water partition coefficient (Wildman–Crippen LogP) is 4.31. The Morgan fingerprint density at radius 2 is 2.00 bits per heavy atom. The molecule has 1 aliphatic rings. The fraction of sp³-hybridized carbons (Fsp3) is 0.500. The second kappa shape index (κ2) is 5.05. The van der Waals surface area contributed by atoms with Gasteiger partial charge in [0.15, 0.2) is 0 Å². The van der Waals surface area contributed by atoms with Crippen LogP contribution in [0.15, 0.2) is 18.2 Å². The molecular formula is C16H22O2. The predicted molar refractivity (Wildman–Crippen MR) is 75.1 cm³/mol. The zero-order valence-corrected chi connectivity index (χ0v) is 11.5. The summed E-state index contributed by atoms with van der Waals surface area (Å²) in [5.41, 5.74) is 1.80. The van der Waals surface area contributed by atoms with E-state index in [9.17, 15) is 5.11 Å². The molecule has 0 saturated carbocycles. The SMILES string of the molecule is CCCCCc1cc2c(cc1O)OC(C)(C)C=C2. The Labute approximate surface area is 109 Å². The summed E-state index contributed by atoms with van der Waals surface area (Å²) in [6, 6.07) is 3.80. The van der Waals surface area contributed by atoms with Crippen LogP contribution in [0.5, 0.6) is 11.5 Å². The molecule has 2 heteroatoms. The zero-order valence-electron chi connectivity index (χ0n) is 11.5. The fourth-order valence-electron chi connectivity index (χ4n) is 2.23. The van der Waals surface area contributed by atoms with Crippen LogP contribution in [0.4, 0.5) is 0 Å². The van der Waals surface area contributed by atoms with E-state index in [2.05, 4.69) is 19.1 Å². The number of aryl methyl sites for hydroxylation is 1. The molecule has 0 aliphatic carbocycles. The summed E-state index contributed by atoms with van der Waals surface area (Å²) in [5.74, 6) is 1.13. The van der Waals surface area contributed by atoms with Crippen LogP contribution < -0.4 is 4.74 Å². The van der Waals surface area contributed by atoms with Gasteiger partial charge in [0.2, 0.25) is 0 Å². The van der Waals surface area contributed by atoms with Gasteiger partial charge in [-0.1, -0.05) is 25.8 Å². The number of aromatic hydroxyl groups is 1. The highest BCUT2D eigenvalue weighted by Crippen LogP contribution is 2.36. The Hall–Kier alpha value is -1.44. The molecule has 2 rings (SSSR count). The van der Waals surface area contributed by atoms with Crippen LogP contribution in [0.3, 0.4) is 0 Å². The Balaban J connectivity index is 2.21. The molecule has 1 aliphatic heterocycles. The molecule has 1 aromatic carbocycles. The summed E-state index contributed by atoms with van der Waals surface area (Å²) in [4.78, 5) is 0. The van der Waals surface area contributed by atoms with Crippen LogP contribution in [-0.2, 0) is 6.42 Å². The summed E-state index contributed by atoms with van der Waals surface area (Å²) in [5, 5.41) is 10.0. The first kappa shape index (κ1) is 13.0. The van der Waals surface area contributed by atoms with Gasteiger partial charge in [-0.3, -0.25) is 0 Å². The first-order valence-corrected chi connectivity index (χ1v) is 6.76. The third-order valence-electron chi connectivity index (χ3n) is 3.30. The molecule has 0 amide bonds. The Kier molecular flexibility index (Phi) is 3.65. The molecule has 0 saturated heterocycles. The van der Waals surface area contributed by atoms with Gasteiger partial charge in [-0.25, -0.2) is 0 Å². The van der Waals surface area contributed by atoms with Gasteiger partial charge in [0.05, 0.1) is 0 Å². The number of phenols is 1. The minimum absolute atomic E-state index is 0.289. The average molecular weight is 246 g/mol. The van der Waals surface area contributed by atoms with Gasteiger partial charge in [0, 0.05) is 11.6 Å². The lowest BCUT2D eigenvalue weighted by atomic mass is 9.98. The van der Waals surface area contributed by atoms with Crippen LogP contribution in [0.2, 0.25) is 0 Å². The van der Waals surface area contributed by atoms with Crippen molar-refractivity contribution in [1.82, 2.24) is 0 Å². The minimum Gasteiger partial charge on any atom is -0.508 e. The van der Waals surface area contributed by atoms with E-state index in [1.807, 2.05) is 19.9 Å². The third kappa shape index (κ3) is 2.87. The minimum atomic E-state index is -0.289. The molecule has 1 heterocycles. The standard InChI is InChI=1S/C16H22O2/c1-4-5-6-7-12-10-13-8-9-16(2,3)18-15(13)11-14(12)17/h8-11,17H,4-7H2,1-3H3. The Morgan fingerprint density at radius 1 is 1.22 bits per heavy atom. The van der Waals surface area contributed by atoms with E-state index in [4.69, 9.17) is 4.74 Å². The number of fused-ring (bicyclic) bond motifs is 1. The summed E-state index contributed by atoms with van der Waals surface area (Å²) in [7, 11) is 0. The Morgan fingerprint density at radius 3 is 2.72 bits per heavy atom. The van der Waals surface area contributed by atoms with Gasteiger partial charge in [-0.2, -0.15) is 0 Å². The van der Waals surface area contributed by atoms with Crippen molar-refractivity contribution in [2.75, 3.05) is 0 Å². The number of benzene rings is 1. The van der Waals surface area contributed by atoms with E-state index in [0.29, 0.717) is 5.75 Å². The maximum absolute atomic E-state index is 10.0. The van der Waals surface area contributed by atoms with Crippen molar-refractivity contribution >= 4 is 6.08 Å². The van der Waals surface area contributed by atoms with Gasteiger partial charge in [-0.05, 0) is 44.4 Å². The molecule has 2 nitrogen and oxygen atoms in total. The lowest BCUT2D eigenvalue weighted by molar-refractivity contribution is 0.158. The first-order valence-electron chi connectivity index (χ1n) is 6.76. The molecule has 1 aromatic rings. The second-order valence-electron chi connectivity index (χ2n) is 5.51. The molecule has 1 N–H and O–H groups in total. The molecule has 98 valence electrons. The first-order chi connectivity index (χ1) is 8.52. The topological polar surface area (TPSA) is 29.5 Å². The van der Waals surface area contributed by atoms with Crippen molar-refractivity contribution in [3.05, 3.63) is 29.3 Å². The molecule has 0 spiro atoms. The highest BCUT2D eigenvalue weighted by molar-refractivity contribution is 5.64. The van der Waals surface area contributed by atoms with Gasteiger partial charge in [0.25, 0.3) is 0 Å². The molecule has 0 unspecified atom stereocenters. The highest BCUT2D eigenvalue weighted by atomic mass is 16.5. The second-order valence-corrected chi connectivity index (χ2v) is 5.51. The lowest BCUT2D eigenvalue weighted by Crippen LogP contribution is -2.27. The monoisotopic (exact) mass is 246 g/mol. The fourth-order valence-corrected chi connectivity index (χ4v) is 2.23. The van der Waals surface area contributed by atoms with E-state index in [0.717, 1.165) is 29.7 Å². The summed E-state index contributed by atoms with van der Waals surface area (Å²) in [6.45, 7) is 6.21. The maximum atomic E-state index is 10.0. The van der Waals surface area contributed by atoms with Gasteiger partial charge < -0.3 is 9.84 Å². The van der Waals surface area contributed by atoms with Crippen LogP contribution >= 0.6 is 0 Å². The normalized spacial score (nSPS) is 16.2. The number of ether oxygens (including phenoxy) is 1. The van der Waals surface area contributed by atoms with Crippen LogP contribution in [0.1, 0.15) is 51.2 Å². The van der Waals surface area contributed by atoms with Crippen LogP contribution in [0, 0.1) is 0 Å². The van der Waals surface area contributed by atoms with Gasteiger partial charge in [-0.15, -0.1) is 0 Å². The molecule has 0 radical (unpaired) electrons. The molecule has 0 aromatic heterocycles. The van der Waals surface area contributed by atoms with E-state index in [1.54, 1.807) is 6.07 Å². The van der Waals surface area contributed by atoms with Gasteiger partial charge in [0.1, 0.15) is 17.1 Å². The van der Waals surface area contributed by atoms with Crippen molar-refractivity contribution in [3.8, 4) is 11.5 Å². The van der Waals surface area contributed by atoms with Crippen molar-refractivity contribution in [2.24, 2.45) is 0 Å². The number of rotatable bonds is 4. The lowest BCUT2D eigenvalue weighted by Gasteiger charge is -2.28. The maximum Gasteiger partial charge on any atom is 0.131 e. The van der Waals surface area contributed by atoms with Gasteiger partial charge >= 0.3 is 0 Å². The average Bonchev–Trinajstić information content (AvgIpc) is 2.29. The third-order valence-corrected chi connectivity index (χ3v) is 3.30. The summed E-state index contributed by atoms with van der Waals surface area (Å²) < 4.78 is 5.83. The number of unbranched alkanes of at least 4 members (excludes halogenated alkanes) is 2. The molecular weight excluding hydrogens is 224 g/mol. The Bertz CT molecular complexity index is 458. The van der Waals surface area contributed by atoms with E-state index in [1.165, 1.54) is 12.8 Å². The molecule has 0 fully saturated rings. The summed E-state index contributed by atoms with van der Waals surface area (Å²) in [6.07, 6.45) is 8.60. The van der Waals surface area contributed by atoms with E-state index < -0.39 is 0 Å². The van der Waals surface area contributed by atoms with Crippen LogP contribution in [0.25, 0.3) is 6.08 Å². The molecule has 0 atom stereocenters. The number of hydrogen-bond donors (Lipinski definition) is 1. The van der Waals surface area contributed by atoms with E-state index in [-0.39, 0.29) is 5.60 Å². The number of phenolic OH excluding ortho intramolecular Hbond substituents is 1. The molecule has 0 bridgehead atoms. The molecule has 18 heavy (non-hydrogen) atoms. The van der Waals surface area contributed by atoms with Crippen molar-refractivity contribution in [2.45, 2.75) is 52.1 Å². The van der Waals surface area contributed by atoms with Crippen LogP contribution in [-0.4, -0.2) is 10.7 Å². The van der Waals surface area contributed by atoms with E-state index >= 15 is 0 Å². The van der Waals surface area contributed by atoms with Crippen molar-refractivity contribution in [3.63, 3.8) is 0 Å². The number of hydrogen-bond acceptors (Lipinski definition) is 2. The zero-order chi connectivity index (χ0) is 13.2.